The van der Waals surface area contributed by atoms with Gasteiger partial charge in [0.05, 0.1) is 24.3 Å². The summed E-state index contributed by atoms with van der Waals surface area (Å²) in [5, 5.41) is 2.78. The van der Waals surface area contributed by atoms with Crippen molar-refractivity contribution in [1.82, 2.24) is 14.9 Å². The second kappa shape index (κ2) is 7.59. The standard InChI is InChI=1S/C14H25N3O3S/c1-6-21(19)8-7-17-10-15-9-12(17)11(2)16-13(18)20-14(3,4)5/h9-11H,6-8H2,1-5H3,(H,16,18)/t11-,21?/m1/s1. The van der Waals surface area contributed by atoms with Crippen LogP contribution in [0, 0.1) is 0 Å². The van der Waals surface area contributed by atoms with Gasteiger partial charge in [-0.3, -0.25) is 4.21 Å². The van der Waals surface area contributed by atoms with Gasteiger partial charge in [-0.05, 0) is 27.7 Å². The molecule has 1 aromatic rings. The van der Waals surface area contributed by atoms with Crippen molar-refractivity contribution in [1.29, 1.82) is 0 Å². The lowest BCUT2D eigenvalue weighted by Crippen LogP contribution is -2.34. The number of aryl methyl sites for hydroxylation is 1. The second-order valence-electron chi connectivity index (χ2n) is 5.81. The maximum absolute atomic E-state index is 11.8. The number of aromatic nitrogens is 2. The van der Waals surface area contributed by atoms with Crippen molar-refractivity contribution in [2.75, 3.05) is 11.5 Å². The highest BCUT2D eigenvalue weighted by atomic mass is 32.2. The van der Waals surface area contributed by atoms with E-state index < -0.39 is 22.5 Å². The van der Waals surface area contributed by atoms with Crippen LogP contribution in [0.2, 0.25) is 0 Å². The molecule has 2 atom stereocenters. The van der Waals surface area contributed by atoms with Crippen LogP contribution in [0.1, 0.15) is 46.4 Å². The van der Waals surface area contributed by atoms with Crippen LogP contribution in [0.4, 0.5) is 4.79 Å². The summed E-state index contributed by atoms with van der Waals surface area (Å²) in [4.78, 5) is 15.9. The number of rotatable bonds is 6. The number of carbonyl (C=O) groups is 1. The van der Waals surface area contributed by atoms with Crippen LogP contribution < -0.4 is 5.32 Å². The summed E-state index contributed by atoms with van der Waals surface area (Å²) in [6.45, 7) is 9.85. The smallest absolute Gasteiger partial charge is 0.408 e. The Bertz CT molecular complexity index is 494. The zero-order valence-electron chi connectivity index (χ0n) is 13.4. The number of nitrogens with one attached hydrogen (secondary N) is 1. The first-order chi connectivity index (χ1) is 9.73. The van der Waals surface area contributed by atoms with Gasteiger partial charge in [-0.2, -0.15) is 0 Å². The fourth-order valence-corrected chi connectivity index (χ4v) is 2.47. The lowest BCUT2D eigenvalue weighted by Gasteiger charge is -2.22. The SMILES string of the molecule is CCS(=O)CCn1cncc1[C@@H](C)NC(=O)OC(C)(C)C. The Morgan fingerprint density at radius 1 is 1.52 bits per heavy atom. The van der Waals surface area contributed by atoms with Crippen molar-refractivity contribution in [3.8, 4) is 0 Å². The molecule has 0 aliphatic heterocycles. The molecule has 0 saturated heterocycles. The molecule has 1 unspecified atom stereocenters. The summed E-state index contributed by atoms with van der Waals surface area (Å²) in [6, 6.07) is -0.225. The number of amides is 1. The van der Waals surface area contributed by atoms with Crippen LogP contribution in [0.3, 0.4) is 0 Å². The minimum absolute atomic E-state index is 0.225. The number of imidazole rings is 1. The molecular weight excluding hydrogens is 290 g/mol. The molecule has 0 aliphatic carbocycles. The molecule has 1 amide bonds. The van der Waals surface area contributed by atoms with Crippen molar-refractivity contribution in [2.45, 2.75) is 52.8 Å². The van der Waals surface area contributed by atoms with E-state index in [9.17, 15) is 9.00 Å². The number of nitrogens with zero attached hydrogens (tertiary/aromatic N) is 2. The Morgan fingerprint density at radius 2 is 2.19 bits per heavy atom. The van der Waals surface area contributed by atoms with Crippen molar-refractivity contribution in [2.24, 2.45) is 0 Å². The highest BCUT2D eigenvalue weighted by Gasteiger charge is 2.19. The predicted molar refractivity (Wildman–Crippen MR) is 83.6 cm³/mol. The Morgan fingerprint density at radius 3 is 2.76 bits per heavy atom. The minimum Gasteiger partial charge on any atom is -0.444 e. The topological polar surface area (TPSA) is 73.2 Å². The number of hydrogen-bond acceptors (Lipinski definition) is 4. The lowest BCUT2D eigenvalue weighted by molar-refractivity contribution is 0.0506. The third kappa shape index (κ3) is 6.29. The van der Waals surface area contributed by atoms with E-state index in [2.05, 4.69) is 10.3 Å². The van der Waals surface area contributed by atoms with Gasteiger partial charge in [-0.25, -0.2) is 9.78 Å². The van der Waals surface area contributed by atoms with Crippen molar-refractivity contribution < 1.29 is 13.7 Å². The predicted octanol–water partition coefficient (Wildman–Crippen LogP) is 2.24. The summed E-state index contributed by atoms with van der Waals surface area (Å²) >= 11 is 0. The average Bonchev–Trinajstić information content (AvgIpc) is 2.81. The van der Waals surface area contributed by atoms with E-state index >= 15 is 0 Å². The highest BCUT2D eigenvalue weighted by molar-refractivity contribution is 7.84. The zero-order chi connectivity index (χ0) is 16.0. The largest absolute Gasteiger partial charge is 0.444 e. The molecule has 21 heavy (non-hydrogen) atoms. The molecule has 120 valence electrons. The van der Waals surface area contributed by atoms with E-state index in [-0.39, 0.29) is 6.04 Å². The molecule has 0 fully saturated rings. The molecule has 0 spiro atoms. The van der Waals surface area contributed by atoms with E-state index in [0.29, 0.717) is 18.1 Å². The molecule has 1 heterocycles. The number of carbonyl (C=O) groups excluding carboxylic acids is 1. The Hall–Kier alpha value is -1.37. The van der Waals surface area contributed by atoms with Crippen molar-refractivity contribution in [3.05, 3.63) is 18.2 Å². The number of hydrogen-bond donors (Lipinski definition) is 1. The summed E-state index contributed by atoms with van der Waals surface area (Å²) in [6.07, 6.45) is 2.94. The van der Waals surface area contributed by atoms with Gasteiger partial charge in [0.1, 0.15) is 5.60 Å². The van der Waals surface area contributed by atoms with E-state index in [1.165, 1.54) is 0 Å². The van der Waals surface area contributed by atoms with Crippen LogP contribution in [0.5, 0.6) is 0 Å². The van der Waals surface area contributed by atoms with E-state index in [0.717, 1.165) is 5.69 Å². The zero-order valence-corrected chi connectivity index (χ0v) is 14.2. The van der Waals surface area contributed by atoms with Gasteiger partial charge in [0, 0.05) is 28.9 Å². The van der Waals surface area contributed by atoms with Crippen molar-refractivity contribution in [3.63, 3.8) is 0 Å². The summed E-state index contributed by atoms with van der Waals surface area (Å²) in [5.41, 5.74) is 0.344. The van der Waals surface area contributed by atoms with Crippen LogP contribution in [0.25, 0.3) is 0 Å². The Kier molecular flexibility index (Phi) is 6.39. The molecule has 0 radical (unpaired) electrons. The maximum Gasteiger partial charge on any atom is 0.408 e. The van der Waals surface area contributed by atoms with Crippen LogP contribution in [-0.2, 0) is 22.1 Å². The van der Waals surface area contributed by atoms with Gasteiger partial charge in [-0.15, -0.1) is 0 Å². The molecular formula is C14H25N3O3S. The van der Waals surface area contributed by atoms with E-state index in [4.69, 9.17) is 4.74 Å². The number of alkyl carbamates (subject to hydrolysis) is 1. The summed E-state index contributed by atoms with van der Waals surface area (Å²) in [5.74, 6) is 1.23. The molecule has 0 saturated carbocycles. The highest BCUT2D eigenvalue weighted by Crippen LogP contribution is 2.14. The average molecular weight is 315 g/mol. The van der Waals surface area contributed by atoms with Crippen LogP contribution in [0.15, 0.2) is 12.5 Å². The van der Waals surface area contributed by atoms with Gasteiger partial charge in [-0.1, -0.05) is 6.92 Å². The quantitative estimate of drug-likeness (QED) is 0.873. The van der Waals surface area contributed by atoms with Gasteiger partial charge in [0.2, 0.25) is 0 Å². The summed E-state index contributed by atoms with van der Waals surface area (Å²) in [7, 11) is -0.818. The molecule has 1 aromatic heterocycles. The van der Waals surface area contributed by atoms with Gasteiger partial charge >= 0.3 is 6.09 Å². The van der Waals surface area contributed by atoms with Crippen molar-refractivity contribution >= 4 is 16.9 Å². The minimum atomic E-state index is -0.818. The number of ether oxygens (including phenoxy) is 1. The third-order valence-corrected chi connectivity index (χ3v) is 4.09. The first kappa shape index (κ1) is 17.7. The fourth-order valence-electron chi connectivity index (χ4n) is 1.78. The van der Waals surface area contributed by atoms with Crippen LogP contribution in [-0.4, -0.2) is 37.0 Å². The third-order valence-electron chi connectivity index (χ3n) is 2.80. The van der Waals surface area contributed by atoms with Gasteiger partial charge in [0.25, 0.3) is 0 Å². The molecule has 6 nitrogen and oxygen atoms in total. The lowest BCUT2D eigenvalue weighted by atomic mass is 10.2. The molecule has 0 aromatic carbocycles. The Balaban J connectivity index is 2.62. The second-order valence-corrected chi connectivity index (χ2v) is 7.68. The first-order valence-electron chi connectivity index (χ1n) is 7.07. The fraction of sp³-hybridized carbons (Fsp3) is 0.714. The normalized spacial score (nSPS) is 14.5. The summed E-state index contributed by atoms with van der Waals surface area (Å²) < 4.78 is 18.7. The van der Waals surface area contributed by atoms with E-state index in [1.807, 2.05) is 39.2 Å². The van der Waals surface area contributed by atoms with Crippen LogP contribution >= 0.6 is 0 Å². The Labute approximate surface area is 128 Å². The first-order valence-corrected chi connectivity index (χ1v) is 8.56. The molecule has 0 aliphatic rings. The monoisotopic (exact) mass is 315 g/mol. The molecule has 1 rings (SSSR count). The molecule has 0 bridgehead atoms. The molecule has 1 N–H and O–H groups in total. The maximum atomic E-state index is 11.8. The molecule has 7 heteroatoms. The van der Waals surface area contributed by atoms with Gasteiger partial charge in [0.15, 0.2) is 0 Å². The van der Waals surface area contributed by atoms with Gasteiger partial charge < -0.3 is 14.6 Å². The van der Waals surface area contributed by atoms with E-state index in [1.54, 1.807) is 12.5 Å².